The molecule has 106 valence electrons. The van der Waals surface area contributed by atoms with E-state index in [9.17, 15) is 18.0 Å². The maximum absolute atomic E-state index is 12.7. The van der Waals surface area contributed by atoms with Crippen LogP contribution in [0.3, 0.4) is 0 Å². The van der Waals surface area contributed by atoms with E-state index in [-0.39, 0.29) is 17.0 Å². The number of alkyl halides is 3. The van der Waals surface area contributed by atoms with Crippen LogP contribution in [0.2, 0.25) is 5.02 Å². The number of rotatable bonds is 2. The van der Waals surface area contributed by atoms with Crippen molar-refractivity contribution in [1.29, 1.82) is 0 Å². The van der Waals surface area contributed by atoms with E-state index in [4.69, 9.17) is 11.6 Å². The average Bonchev–Trinajstić information content (AvgIpc) is 2.35. The predicted octanol–water partition coefficient (Wildman–Crippen LogP) is 3.34. The van der Waals surface area contributed by atoms with E-state index in [1.165, 1.54) is 12.1 Å². The van der Waals surface area contributed by atoms with Crippen molar-refractivity contribution in [2.75, 3.05) is 0 Å². The maximum Gasteiger partial charge on any atom is 0.416 e. The molecule has 2 rings (SSSR count). The number of aryl methyl sites for hydroxylation is 1. The Bertz CT molecular complexity index is 695. The Labute approximate surface area is 117 Å². The normalized spacial score (nSPS) is 11.7. The third kappa shape index (κ3) is 3.19. The molecule has 1 aromatic carbocycles. The minimum atomic E-state index is -4.44. The molecule has 1 heterocycles. The lowest BCUT2D eigenvalue weighted by molar-refractivity contribution is -0.137. The second-order valence-corrected chi connectivity index (χ2v) is 4.75. The largest absolute Gasteiger partial charge is 0.416 e. The topological polar surface area (TPSA) is 45.8 Å². The highest BCUT2D eigenvalue weighted by Gasteiger charge is 2.30. The number of nitrogens with zero attached hydrogens (tertiary/aromatic N) is 1. The van der Waals surface area contributed by atoms with E-state index < -0.39 is 17.3 Å². The van der Waals surface area contributed by atoms with Gasteiger partial charge in [0.15, 0.2) is 0 Å². The van der Waals surface area contributed by atoms with Gasteiger partial charge < -0.3 is 0 Å². The zero-order valence-corrected chi connectivity index (χ0v) is 11.1. The first-order valence-corrected chi connectivity index (χ1v) is 6.06. The number of aromatic nitrogens is 2. The summed E-state index contributed by atoms with van der Waals surface area (Å²) in [5, 5.41) is 6.18. The summed E-state index contributed by atoms with van der Waals surface area (Å²) in [7, 11) is 0. The van der Waals surface area contributed by atoms with Crippen molar-refractivity contribution in [2.24, 2.45) is 0 Å². The summed E-state index contributed by atoms with van der Waals surface area (Å²) in [5.41, 5.74) is -0.0952. The van der Waals surface area contributed by atoms with Crippen LogP contribution in [0.15, 0.2) is 29.1 Å². The third-order valence-electron chi connectivity index (χ3n) is 2.76. The Morgan fingerprint density at radius 3 is 2.60 bits per heavy atom. The standard InChI is InChI=1S/C13H10ClF3N2O/c1-7-4-9(12(20)19-18-7)5-8-6-10(13(15,16)17)2-3-11(8)14/h2-4,6H,5H2,1H3,(H,19,20). The molecule has 0 radical (unpaired) electrons. The zero-order valence-electron chi connectivity index (χ0n) is 10.4. The van der Waals surface area contributed by atoms with E-state index in [0.29, 0.717) is 11.3 Å². The van der Waals surface area contributed by atoms with Crippen LogP contribution < -0.4 is 5.56 Å². The highest BCUT2D eigenvalue weighted by Crippen LogP contribution is 2.32. The molecule has 2 aromatic rings. The van der Waals surface area contributed by atoms with Gasteiger partial charge in [-0.25, -0.2) is 5.10 Å². The van der Waals surface area contributed by atoms with Crippen LogP contribution in [0.4, 0.5) is 13.2 Å². The van der Waals surface area contributed by atoms with Gasteiger partial charge in [0.2, 0.25) is 0 Å². The third-order valence-corrected chi connectivity index (χ3v) is 3.13. The van der Waals surface area contributed by atoms with Gasteiger partial charge in [0.25, 0.3) is 5.56 Å². The first-order chi connectivity index (χ1) is 9.27. The van der Waals surface area contributed by atoms with Crippen LogP contribution in [-0.2, 0) is 12.6 Å². The molecule has 0 aliphatic heterocycles. The molecule has 3 nitrogen and oxygen atoms in total. The summed E-state index contributed by atoms with van der Waals surface area (Å²) in [6.45, 7) is 1.67. The highest BCUT2D eigenvalue weighted by atomic mass is 35.5. The van der Waals surface area contributed by atoms with Crippen molar-refractivity contribution in [2.45, 2.75) is 19.5 Å². The second kappa shape index (κ2) is 5.28. The Kier molecular flexibility index (Phi) is 3.85. The lowest BCUT2D eigenvalue weighted by atomic mass is 10.0. The Balaban J connectivity index is 2.43. The van der Waals surface area contributed by atoms with Crippen molar-refractivity contribution in [3.05, 3.63) is 62.0 Å². The Morgan fingerprint density at radius 1 is 1.25 bits per heavy atom. The van der Waals surface area contributed by atoms with Crippen molar-refractivity contribution < 1.29 is 13.2 Å². The average molecular weight is 303 g/mol. The van der Waals surface area contributed by atoms with Gasteiger partial charge in [-0.05, 0) is 36.8 Å². The van der Waals surface area contributed by atoms with Crippen LogP contribution in [-0.4, -0.2) is 10.2 Å². The lowest BCUT2D eigenvalue weighted by Gasteiger charge is -2.10. The van der Waals surface area contributed by atoms with Crippen molar-refractivity contribution in [3.8, 4) is 0 Å². The number of aromatic amines is 1. The van der Waals surface area contributed by atoms with Crippen molar-refractivity contribution >= 4 is 11.6 Å². The number of H-pyrrole nitrogens is 1. The summed E-state index contributed by atoms with van der Waals surface area (Å²) in [6.07, 6.45) is -4.43. The molecule has 0 fully saturated rings. The molecule has 7 heteroatoms. The monoisotopic (exact) mass is 302 g/mol. The molecule has 0 saturated carbocycles. The molecule has 0 aliphatic carbocycles. The number of hydrogen-bond donors (Lipinski definition) is 1. The van der Waals surface area contributed by atoms with Crippen molar-refractivity contribution in [1.82, 2.24) is 10.2 Å². The van der Waals surface area contributed by atoms with Crippen molar-refractivity contribution in [3.63, 3.8) is 0 Å². The maximum atomic E-state index is 12.7. The first-order valence-electron chi connectivity index (χ1n) is 5.68. The number of benzene rings is 1. The fourth-order valence-corrected chi connectivity index (χ4v) is 1.97. The molecule has 1 aromatic heterocycles. The van der Waals surface area contributed by atoms with E-state index in [1.54, 1.807) is 6.92 Å². The summed E-state index contributed by atoms with van der Waals surface area (Å²) < 4.78 is 38.0. The number of halogens is 4. The fourth-order valence-electron chi connectivity index (χ4n) is 1.78. The van der Waals surface area contributed by atoms with E-state index in [1.807, 2.05) is 0 Å². The predicted molar refractivity (Wildman–Crippen MR) is 68.9 cm³/mol. The number of hydrogen-bond acceptors (Lipinski definition) is 2. The summed E-state index contributed by atoms with van der Waals surface area (Å²) in [6, 6.07) is 4.57. The van der Waals surface area contributed by atoms with Gasteiger partial charge in [0.1, 0.15) is 0 Å². The van der Waals surface area contributed by atoms with Gasteiger partial charge >= 0.3 is 6.18 Å². The molecule has 1 N–H and O–H groups in total. The molecule has 0 bridgehead atoms. The minimum Gasteiger partial charge on any atom is -0.268 e. The number of nitrogens with one attached hydrogen (secondary N) is 1. The summed E-state index contributed by atoms with van der Waals surface area (Å²) >= 11 is 5.89. The van der Waals surface area contributed by atoms with Gasteiger partial charge in [0.05, 0.1) is 11.3 Å². The molecule has 0 unspecified atom stereocenters. The molecule has 0 atom stereocenters. The molecule has 0 aliphatic rings. The van der Waals surface area contributed by atoms with Crippen LogP contribution in [0.1, 0.15) is 22.4 Å². The summed E-state index contributed by atoms with van der Waals surface area (Å²) in [4.78, 5) is 11.6. The first kappa shape index (κ1) is 14.6. The van der Waals surface area contributed by atoms with E-state index in [2.05, 4.69) is 10.2 Å². The van der Waals surface area contributed by atoms with Gasteiger partial charge in [-0.3, -0.25) is 4.79 Å². The van der Waals surface area contributed by atoms with Crippen LogP contribution in [0, 0.1) is 6.92 Å². The zero-order chi connectivity index (χ0) is 14.9. The molecule has 20 heavy (non-hydrogen) atoms. The van der Waals surface area contributed by atoms with E-state index in [0.717, 1.165) is 12.1 Å². The van der Waals surface area contributed by atoms with Crippen LogP contribution in [0.25, 0.3) is 0 Å². The van der Waals surface area contributed by atoms with Crippen LogP contribution >= 0.6 is 11.6 Å². The molecule has 0 amide bonds. The quantitative estimate of drug-likeness (QED) is 0.925. The van der Waals surface area contributed by atoms with Gasteiger partial charge in [-0.2, -0.15) is 18.3 Å². The second-order valence-electron chi connectivity index (χ2n) is 4.34. The molecule has 0 saturated heterocycles. The Morgan fingerprint density at radius 2 is 1.95 bits per heavy atom. The highest BCUT2D eigenvalue weighted by molar-refractivity contribution is 6.31. The lowest BCUT2D eigenvalue weighted by Crippen LogP contribution is -2.15. The van der Waals surface area contributed by atoms with Crippen LogP contribution in [0.5, 0.6) is 0 Å². The van der Waals surface area contributed by atoms with Gasteiger partial charge in [-0.15, -0.1) is 0 Å². The molecule has 0 spiro atoms. The minimum absolute atomic E-state index is 0.0153. The van der Waals surface area contributed by atoms with E-state index >= 15 is 0 Å². The fraction of sp³-hybridized carbons (Fsp3) is 0.231. The Hall–Kier alpha value is -1.82. The smallest absolute Gasteiger partial charge is 0.268 e. The van der Waals surface area contributed by atoms with Gasteiger partial charge in [0, 0.05) is 17.0 Å². The molecular formula is C13H10ClF3N2O. The molecular weight excluding hydrogens is 293 g/mol. The SMILES string of the molecule is Cc1cc(Cc2cc(C(F)(F)F)ccc2Cl)c(=O)[nH]n1. The summed E-state index contributed by atoms with van der Waals surface area (Å²) in [5.74, 6) is 0. The van der Waals surface area contributed by atoms with Gasteiger partial charge in [-0.1, -0.05) is 11.6 Å².